The molecule has 14 aliphatic rings. The molecule has 150 heavy (non-hydrogen) atoms. The van der Waals surface area contributed by atoms with Crippen molar-refractivity contribution in [1.82, 2.24) is 39.3 Å². The summed E-state index contributed by atoms with van der Waals surface area (Å²) in [6.45, 7) is 26.4. The van der Waals surface area contributed by atoms with E-state index in [-0.39, 0.29) is 82.9 Å². The predicted octanol–water partition coefficient (Wildman–Crippen LogP) is 23.7. The molecule has 6 aromatic carbocycles. The summed E-state index contributed by atoms with van der Waals surface area (Å²) in [7, 11) is 0. The van der Waals surface area contributed by atoms with E-state index in [0.29, 0.717) is 125 Å². The van der Waals surface area contributed by atoms with Gasteiger partial charge in [-0.3, -0.25) is 14.8 Å². The number of halogens is 6. The number of hydrogen-bond donors (Lipinski definition) is 0. The number of amides is 5. The van der Waals surface area contributed by atoms with Gasteiger partial charge in [-0.15, -0.1) is 6.42 Å². The first-order valence-corrected chi connectivity index (χ1v) is 54.8. The molecule has 39 heteroatoms. The van der Waals surface area contributed by atoms with Crippen molar-refractivity contribution in [2.75, 3.05) is 91.6 Å². The standard InChI is InChI=1S/C20H21N3O4.3C16H19BrN2O3.C16H17ClN2O.C15H19ClN2O.C12H19ClN2O3/c24-19(25-15-16-5-2-1-3-6-16)23-11-8-20(9-12-23)13-18(22-27-20)26-17-7-4-10-21-14-17;1-12-2-4-13(5-3-12)11-21-15(20)19-8-6-16(7-9-19)10-14(17)18-22-16;2*1-12(13-5-3-2-4-6-13)21-15(20)19-9-7-16(8-10-19)11-14(17)18-22-16;1-2-13-3-5-14(6-4-13)12-19-9-7-16(8-10-19)11-15(17)18-20-16;1-12-2-4-13(5-3-12)11-18-8-6-15(7-9-18)10-14(16)17-19-15;1-11(2,3)17-10(16)15-6-4-12(5-7-15)8-9(13)14-18-12/h1-7,10,14H,8-9,11-13,15H2;2-5H,6-11H2,1H3;2*2-6,12H,7-11H2,1H3;1,3-6H,7-12H2;2-5H,6-11H2,1H3;4-8H2,1-3H3/t;;2*12-;;;/m..10.../s1. The van der Waals surface area contributed by atoms with E-state index >= 15 is 0 Å². The molecule has 33 nitrogen and oxygen atoms in total. The zero-order chi connectivity index (χ0) is 106. The Hall–Kier alpha value is -11.3. The first kappa shape index (κ1) is 113. The maximum absolute atomic E-state index is 12.3. The fourth-order valence-electron chi connectivity index (χ4n) is 19.6. The number of oxime groups is 7. The number of rotatable bonds is 13. The third-order valence-electron chi connectivity index (χ3n) is 29.0. The highest BCUT2D eigenvalue weighted by atomic mass is 79.9. The maximum atomic E-state index is 12.3. The number of likely N-dealkylation sites (tertiary alicyclic amines) is 7. The number of piperidine rings is 7. The van der Waals surface area contributed by atoms with Gasteiger partial charge in [-0.05, 0) is 154 Å². The Kier molecular flexibility index (Phi) is 39.4. The highest BCUT2D eigenvalue weighted by Crippen LogP contribution is 2.44. The maximum Gasteiger partial charge on any atom is 0.410 e. The highest BCUT2D eigenvalue weighted by molar-refractivity contribution is 9.18. The van der Waals surface area contributed by atoms with Crippen LogP contribution in [0.25, 0.3) is 0 Å². The molecule has 15 heterocycles. The third kappa shape index (κ3) is 32.9. The number of carbonyl (C=O) groups excluding carboxylic acids is 5. The van der Waals surface area contributed by atoms with E-state index in [1.54, 1.807) is 43.0 Å². The molecule has 2 atom stereocenters. The van der Waals surface area contributed by atoms with Gasteiger partial charge < -0.3 is 86.8 Å². The number of nitrogens with zero attached hydrogens (tertiary/aromatic N) is 15. The number of ether oxygens (including phenoxy) is 6. The molecule has 7 aromatic rings. The number of hydrogen-bond acceptors (Lipinski definition) is 28. The largest absolute Gasteiger partial charge is 0.445 e. The van der Waals surface area contributed by atoms with Crippen molar-refractivity contribution in [3.63, 3.8) is 0 Å². The molecule has 7 spiro atoms. The molecule has 0 aliphatic carbocycles. The average Bonchev–Trinajstić information content (AvgIpc) is 1.66. The van der Waals surface area contributed by atoms with Gasteiger partial charge in [0.05, 0.1) is 12.6 Å². The Bertz CT molecular complexity index is 5820. The second-order valence-corrected chi connectivity index (χ2v) is 45.5. The van der Waals surface area contributed by atoms with Crippen molar-refractivity contribution in [1.29, 1.82) is 0 Å². The molecular weight excluding hydrogens is 2180 g/mol. The molecule has 7 saturated heterocycles. The van der Waals surface area contributed by atoms with Crippen LogP contribution in [0.5, 0.6) is 5.75 Å². The van der Waals surface area contributed by atoms with Crippen LogP contribution in [0.4, 0.5) is 24.0 Å². The number of aryl methyl sites for hydroxylation is 2. The monoisotopic (exact) mass is 2310 g/mol. The number of pyridine rings is 1. The lowest BCUT2D eigenvalue weighted by molar-refractivity contribution is -0.0642. The van der Waals surface area contributed by atoms with Crippen LogP contribution < -0.4 is 4.74 Å². The summed E-state index contributed by atoms with van der Waals surface area (Å²) in [5.74, 6) is 3.82. The van der Waals surface area contributed by atoms with E-state index in [2.05, 4.69) is 148 Å². The van der Waals surface area contributed by atoms with Crippen LogP contribution in [-0.4, -0.2) is 241 Å². The Morgan fingerprint density at radius 1 is 0.373 bits per heavy atom. The van der Waals surface area contributed by atoms with Gasteiger partial charge in [0.2, 0.25) is 5.90 Å². The summed E-state index contributed by atoms with van der Waals surface area (Å²) >= 11 is 27.8. The summed E-state index contributed by atoms with van der Waals surface area (Å²) in [5.41, 5.74) is 7.99. The molecule has 0 radical (unpaired) electrons. The van der Waals surface area contributed by atoms with Crippen molar-refractivity contribution < 1.29 is 86.3 Å². The summed E-state index contributed by atoms with van der Waals surface area (Å²) in [6.07, 6.45) is 23.6. The molecule has 0 bridgehead atoms. The first-order chi connectivity index (χ1) is 72.1. The van der Waals surface area contributed by atoms with Crippen LogP contribution in [0.2, 0.25) is 0 Å². The summed E-state index contributed by atoms with van der Waals surface area (Å²) < 4.78 is 35.5. The molecular formula is C111H133Br3Cl3N15O18. The molecule has 802 valence electrons. The van der Waals surface area contributed by atoms with Gasteiger partial charge in [0.15, 0.2) is 0 Å². The van der Waals surface area contributed by atoms with Gasteiger partial charge in [-0.1, -0.05) is 240 Å². The highest BCUT2D eigenvalue weighted by Gasteiger charge is 2.50. The van der Waals surface area contributed by atoms with Crippen LogP contribution >= 0.6 is 82.6 Å². The zero-order valence-corrected chi connectivity index (χ0v) is 93.1. The molecule has 5 amide bonds. The lowest BCUT2D eigenvalue weighted by Gasteiger charge is -2.37. The minimum absolute atomic E-state index is 0.110. The minimum Gasteiger partial charge on any atom is -0.445 e. The number of benzene rings is 6. The average molecular weight is 2310 g/mol. The van der Waals surface area contributed by atoms with E-state index in [1.807, 2.05) is 175 Å². The number of aromatic nitrogens is 1. The van der Waals surface area contributed by atoms with E-state index in [9.17, 15) is 24.0 Å². The van der Waals surface area contributed by atoms with Crippen LogP contribution in [0.15, 0.2) is 224 Å². The predicted molar refractivity (Wildman–Crippen MR) is 586 cm³/mol. The van der Waals surface area contributed by atoms with E-state index in [4.69, 9.17) is 104 Å². The van der Waals surface area contributed by atoms with Crippen molar-refractivity contribution in [2.24, 2.45) is 36.1 Å². The van der Waals surface area contributed by atoms with Gasteiger partial charge >= 0.3 is 30.5 Å². The van der Waals surface area contributed by atoms with Gasteiger partial charge in [0, 0.05) is 245 Å². The molecule has 21 rings (SSSR count). The molecule has 0 unspecified atom stereocenters. The van der Waals surface area contributed by atoms with E-state index in [0.717, 1.165) is 190 Å². The normalized spacial score (nSPS) is 20.7. The van der Waals surface area contributed by atoms with Crippen LogP contribution in [0, 0.1) is 26.2 Å². The van der Waals surface area contributed by atoms with Crippen LogP contribution in [0.3, 0.4) is 0 Å². The zero-order valence-electron chi connectivity index (χ0n) is 86.0. The second-order valence-electron chi connectivity index (χ2n) is 41.5. The Morgan fingerprint density at radius 3 is 1.01 bits per heavy atom. The second kappa shape index (κ2) is 52.4. The van der Waals surface area contributed by atoms with Gasteiger partial charge in [-0.25, -0.2) is 24.0 Å². The minimum atomic E-state index is -0.456. The number of carbonyl (C=O) groups is 5. The Balaban J connectivity index is 0.000000131. The van der Waals surface area contributed by atoms with Crippen molar-refractivity contribution >= 4 is 148 Å². The first-order valence-electron chi connectivity index (χ1n) is 51.3. The van der Waals surface area contributed by atoms with Crippen molar-refractivity contribution in [2.45, 2.75) is 267 Å². The molecule has 1 aromatic heterocycles. The lowest BCUT2D eigenvalue weighted by atomic mass is 9.89. The summed E-state index contributed by atoms with van der Waals surface area (Å²) in [5, 5.41) is 29.3. The summed E-state index contributed by atoms with van der Waals surface area (Å²) in [4.78, 5) is 117. The Morgan fingerprint density at radius 2 is 0.680 bits per heavy atom. The van der Waals surface area contributed by atoms with Crippen LogP contribution in [-0.2, 0) is 83.9 Å². The fourth-order valence-corrected chi connectivity index (χ4v) is 22.1. The lowest BCUT2D eigenvalue weighted by Crippen LogP contribution is -2.48. The van der Waals surface area contributed by atoms with E-state index in [1.165, 1.54) is 22.3 Å². The molecule has 0 saturated carbocycles. The van der Waals surface area contributed by atoms with Gasteiger partial charge in [-0.2, -0.15) is 0 Å². The topological polar surface area (TPSA) is 327 Å². The SMILES string of the molecule is C#Cc1ccc(CN2CCC3(CC2)CC(Cl)=NO3)cc1.CC(C)(C)OC(=O)N1CCC2(CC1)CC(Cl)=NO2.C[C@@H](OC(=O)N1CCC2(CC1)CC(Br)=NO2)c1ccccc1.C[C@H](OC(=O)N1CCC2(CC1)CC(Br)=NO2)c1ccccc1.Cc1ccc(CN2CCC3(CC2)CC(Cl)=NO3)cc1.Cc1ccc(COC(=O)N2CCC3(CC2)CC(Br)=NO3)cc1.O=C(OCc1ccccc1)N1CCC2(CC1)CC(Oc1cccnc1)=NO2. The summed E-state index contributed by atoms with van der Waals surface area (Å²) in [6, 6.07) is 57.8. The Labute approximate surface area is 918 Å². The quantitative estimate of drug-likeness (QED) is 0.0764. The van der Waals surface area contributed by atoms with Gasteiger partial charge in [0.25, 0.3) is 0 Å². The molecule has 0 N–H and O–H groups in total. The van der Waals surface area contributed by atoms with Crippen molar-refractivity contribution in [3.8, 4) is 18.1 Å². The van der Waals surface area contributed by atoms with Gasteiger partial charge in [0.1, 0.15) is 105 Å². The molecule has 14 aliphatic heterocycles. The van der Waals surface area contributed by atoms with Crippen LogP contribution in [0.1, 0.15) is 232 Å². The third-order valence-corrected chi connectivity index (χ3v) is 30.8. The smallest absolute Gasteiger partial charge is 0.410 e. The van der Waals surface area contributed by atoms with Crippen molar-refractivity contribution in [3.05, 3.63) is 238 Å². The van der Waals surface area contributed by atoms with E-state index < -0.39 is 11.2 Å². The fraction of sp³-hybridized carbons (Fsp3) is 0.505. The molecule has 7 fully saturated rings. The number of terminal acetylenes is 1.